The van der Waals surface area contributed by atoms with E-state index < -0.39 is 12.7 Å². The highest BCUT2D eigenvalue weighted by atomic mass is 19.4. The molecule has 7 heteroatoms. The molecule has 3 N–H and O–H groups in total. The van der Waals surface area contributed by atoms with Gasteiger partial charge in [0.2, 0.25) is 0 Å². The van der Waals surface area contributed by atoms with E-state index in [0.717, 1.165) is 5.56 Å². The highest BCUT2D eigenvalue weighted by Crippen LogP contribution is 2.17. The summed E-state index contributed by atoms with van der Waals surface area (Å²) in [5.74, 6) is 0.655. The van der Waals surface area contributed by atoms with Gasteiger partial charge in [-0.2, -0.15) is 13.2 Å². The van der Waals surface area contributed by atoms with Crippen LogP contribution in [0.3, 0.4) is 0 Å². The van der Waals surface area contributed by atoms with Gasteiger partial charge in [-0.05, 0) is 24.1 Å². The van der Waals surface area contributed by atoms with Crippen LogP contribution < -0.4 is 10.5 Å². The lowest BCUT2D eigenvalue weighted by Gasteiger charge is -2.22. The number of halogens is 3. The van der Waals surface area contributed by atoms with Gasteiger partial charge in [-0.25, -0.2) is 0 Å². The zero-order valence-electron chi connectivity index (χ0n) is 11.8. The number of nitrogens with zero attached hydrogens (tertiary/aromatic N) is 1. The number of hydrogen-bond donors (Lipinski definition) is 2. The van der Waals surface area contributed by atoms with E-state index in [1.165, 1.54) is 4.90 Å². The standard InChI is InChI=1S/C14H21F3N2O2/c15-14(16,17)11-19(6-7-20)5-2-8-21-13-4-1-3-12(9-13)10-18/h1,3-4,9,20H,2,5-8,10-11,18H2. The first-order chi connectivity index (χ1) is 9.94. The zero-order chi connectivity index (χ0) is 15.7. The van der Waals surface area contributed by atoms with Gasteiger partial charge in [0.05, 0.1) is 19.8 Å². The van der Waals surface area contributed by atoms with E-state index in [9.17, 15) is 13.2 Å². The quantitative estimate of drug-likeness (QED) is 0.683. The third-order valence-corrected chi connectivity index (χ3v) is 2.84. The molecule has 0 aliphatic heterocycles. The number of benzene rings is 1. The highest BCUT2D eigenvalue weighted by Gasteiger charge is 2.30. The summed E-state index contributed by atoms with van der Waals surface area (Å²) >= 11 is 0. The molecule has 0 unspecified atom stereocenters. The first kappa shape index (κ1) is 17.7. The second kappa shape index (κ2) is 8.86. The van der Waals surface area contributed by atoms with Crippen LogP contribution in [0.4, 0.5) is 13.2 Å². The molecule has 0 bridgehead atoms. The molecule has 0 saturated heterocycles. The molecule has 0 aliphatic rings. The lowest BCUT2D eigenvalue weighted by Crippen LogP contribution is -2.37. The highest BCUT2D eigenvalue weighted by molar-refractivity contribution is 5.28. The molecule has 0 heterocycles. The van der Waals surface area contributed by atoms with Gasteiger partial charge >= 0.3 is 6.18 Å². The van der Waals surface area contributed by atoms with Gasteiger partial charge in [0, 0.05) is 19.6 Å². The molecule has 0 fully saturated rings. The van der Waals surface area contributed by atoms with Gasteiger partial charge in [0.25, 0.3) is 0 Å². The minimum absolute atomic E-state index is 0.00215. The molecule has 1 aromatic rings. The van der Waals surface area contributed by atoms with Crippen LogP contribution in [0, 0.1) is 0 Å². The summed E-state index contributed by atoms with van der Waals surface area (Å²) in [5, 5.41) is 8.77. The predicted molar refractivity (Wildman–Crippen MR) is 74.0 cm³/mol. The molecule has 0 saturated carbocycles. The number of hydrogen-bond acceptors (Lipinski definition) is 4. The molecule has 1 rings (SSSR count). The molecule has 0 aromatic heterocycles. The number of ether oxygens (including phenoxy) is 1. The Hall–Kier alpha value is -1.31. The molecule has 0 aliphatic carbocycles. The largest absolute Gasteiger partial charge is 0.494 e. The van der Waals surface area contributed by atoms with E-state index in [1.807, 2.05) is 12.1 Å². The maximum absolute atomic E-state index is 12.3. The lowest BCUT2D eigenvalue weighted by atomic mass is 10.2. The number of aliphatic hydroxyl groups is 1. The fraction of sp³-hybridized carbons (Fsp3) is 0.571. The van der Waals surface area contributed by atoms with Gasteiger partial charge in [-0.1, -0.05) is 12.1 Å². The lowest BCUT2D eigenvalue weighted by molar-refractivity contribution is -0.147. The number of aliphatic hydroxyl groups excluding tert-OH is 1. The molecule has 120 valence electrons. The van der Waals surface area contributed by atoms with E-state index in [-0.39, 0.29) is 19.7 Å². The van der Waals surface area contributed by atoms with Crippen LogP contribution >= 0.6 is 0 Å². The van der Waals surface area contributed by atoms with E-state index in [4.69, 9.17) is 15.6 Å². The summed E-state index contributed by atoms with van der Waals surface area (Å²) in [4.78, 5) is 1.17. The van der Waals surface area contributed by atoms with Gasteiger partial charge in [-0.3, -0.25) is 4.90 Å². The Morgan fingerprint density at radius 1 is 1.24 bits per heavy atom. The Kier molecular flexibility index (Phi) is 7.49. The monoisotopic (exact) mass is 306 g/mol. The number of alkyl halides is 3. The molecular weight excluding hydrogens is 285 g/mol. The van der Waals surface area contributed by atoms with Crippen LogP contribution in [0.15, 0.2) is 24.3 Å². The maximum atomic E-state index is 12.3. The summed E-state index contributed by atoms with van der Waals surface area (Å²) in [7, 11) is 0. The predicted octanol–water partition coefficient (Wildman–Crippen LogP) is 1.77. The Bertz CT molecular complexity index is 413. The van der Waals surface area contributed by atoms with Crippen LogP contribution in [0.5, 0.6) is 5.75 Å². The van der Waals surface area contributed by atoms with Gasteiger partial charge in [0.15, 0.2) is 0 Å². The van der Waals surface area contributed by atoms with Crippen molar-refractivity contribution in [3.63, 3.8) is 0 Å². The zero-order valence-corrected chi connectivity index (χ0v) is 11.8. The molecule has 0 radical (unpaired) electrons. The van der Waals surface area contributed by atoms with E-state index in [2.05, 4.69) is 0 Å². The topological polar surface area (TPSA) is 58.7 Å². The van der Waals surface area contributed by atoms with Crippen LogP contribution in [0.25, 0.3) is 0 Å². The summed E-state index contributed by atoms with van der Waals surface area (Å²) in [6.45, 7) is -0.370. The SMILES string of the molecule is NCc1cccc(OCCCN(CCO)CC(F)(F)F)c1. The molecule has 0 spiro atoms. The minimum atomic E-state index is -4.26. The van der Waals surface area contributed by atoms with Crippen molar-refractivity contribution in [1.29, 1.82) is 0 Å². The maximum Gasteiger partial charge on any atom is 0.401 e. The van der Waals surface area contributed by atoms with Gasteiger partial charge < -0.3 is 15.6 Å². The number of nitrogens with two attached hydrogens (primary N) is 1. The summed E-state index contributed by atoms with van der Waals surface area (Å²) < 4.78 is 42.4. The van der Waals surface area contributed by atoms with Crippen LogP contribution in [0.1, 0.15) is 12.0 Å². The van der Waals surface area contributed by atoms with E-state index in [1.54, 1.807) is 12.1 Å². The second-order valence-electron chi connectivity index (χ2n) is 4.67. The Morgan fingerprint density at radius 2 is 2.00 bits per heavy atom. The molecule has 1 aromatic carbocycles. The van der Waals surface area contributed by atoms with Crippen LogP contribution in [-0.4, -0.2) is 49.0 Å². The Morgan fingerprint density at radius 3 is 2.62 bits per heavy atom. The average Bonchev–Trinajstić information content (AvgIpc) is 2.42. The Balaban J connectivity index is 2.33. The second-order valence-corrected chi connectivity index (χ2v) is 4.67. The normalized spacial score (nSPS) is 11.9. The van der Waals surface area contributed by atoms with Crippen molar-refractivity contribution < 1.29 is 23.0 Å². The van der Waals surface area contributed by atoms with Crippen molar-refractivity contribution in [1.82, 2.24) is 4.90 Å². The van der Waals surface area contributed by atoms with Crippen molar-refractivity contribution in [2.45, 2.75) is 19.1 Å². The fourth-order valence-electron chi connectivity index (χ4n) is 1.91. The molecule has 0 amide bonds. The van der Waals surface area contributed by atoms with E-state index in [0.29, 0.717) is 25.3 Å². The first-order valence-corrected chi connectivity index (χ1v) is 6.76. The van der Waals surface area contributed by atoms with Crippen LogP contribution in [0.2, 0.25) is 0 Å². The fourth-order valence-corrected chi connectivity index (χ4v) is 1.91. The minimum Gasteiger partial charge on any atom is -0.494 e. The summed E-state index contributed by atoms with van der Waals surface area (Å²) in [5.41, 5.74) is 6.45. The Labute approximate surface area is 122 Å². The number of rotatable bonds is 9. The van der Waals surface area contributed by atoms with Crippen molar-refractivity contribution in [3.05, 3.63) is 29.8 Å². The van der Waals surface area contributed by atoms with Crippen molar-refractivity contribution >= 4 is 0 Å². The van der Waals surface area contributed by atoms with Crippen molar-refractivity contribution in [3.8, 4) is 5.75 Å². The average molecular weight is 306 g/mol. The van der Waals surface area contributed by atoms with Gasteiger partial charge in [0.1, 0.15) is 5.75 Å². The van der Waals surface area contributed by atoms with Crippen molar-refractivity contribution in [2.24, 2.45) is 5.73 Å². The smallest absolute Gasteiger partial charge is 0.401 e. The van der Waals surface area contributed by atoms with Gasteiger partial charge in [-0.15, -0.1) is 0 Å². The molecule has 0 atom stereocenters. The summed E-state index contributed by atoms with van der Waals surface area (Å²) in [6, 6.07) is 7.28. The third-order valence-electron chi connectivity index (χ3n) is 2.84. The first-order valence-electron chi connectivity index (χ1n) is 6.76. The van der Waals surface area contributed by atoms with Crippen LogP contribution in [-0.2, 0) is 6.54 Å². The molecule has 21 heavy (non-hydrogen) atoms. The molecular formula is C14H21F3N2O2. The third kappa shape index (κ3) is 7.89. The summed E-state index contributed by atoms with van der Waals surface area (Å²) in [6.07, 6.45) is -3.81. The van der Waals surface area contributed by atoms with E-state index >= 15 is 0 Å². The molecule has 4 nitrogen and oxygen atoms in total. The van der Waals surface area contributed by atoms with Crippen molar-refractivity contribution in [2.75, 3.05) is 32.8 Å².